The Morgan fingerprint density at radius 2 is 1.86 bits per heavy atom. The molecule has 2 aromatic rings. The minimum atomic E-state index is -4.40. The van der Waals surface area contributed by atoms with Gasteiger partial charge >= 0.3 is 12.1 Å². The van der Waals surface area contributed by atoms with Crippen molar-refractivity contribution in [2.75, 3.05) is 13.7 Å². The van der Waals surface area contributed by atoms with Crippen molar-refractivity contribution < 1.29 is 32.5 Å². The first kappa shape index (κ1) is 19.8. The van der Waals surface area contributed by atoms with Gasteiger partial charge in [-0.05, 0) is 48.1 Å². The minimum Gasteiger partial charge on any atom is -0.507 e. The number of benzene rings is 2. The van der Waals surface area contributed by atoms with E-state index in [2.05, 4.69) is 0 Å². The van der Waals surface area contributed by atoms with Crippen molar-refractivity contribution in [3.63, 3.8) is 0 Å². The van der Waals surface area contributed by atoms with Crippen LogP contribution >= 0.6 is 0 Å². The van der Waals surface area contributed by atoms with Crippen LogP contribution in [0.15, 0.2) is 36.4 Å². The van der Waals surface area contributed by atoms with Crippen molar-refractivity contribution in [1.29, 1.82) is 0 Å². The summed E-state index contributed by atoms with van der Waals surface area (Å²) in [4.78, 5) is 12.0. The van der Waals surface area contributed by atoms with E-state index in [1.807, 2.05) is 0 Å². The van der Waals surface area contributed by atoms with Crippen LogP contribution in [0.2, 0.25) is 0 Å². The number of alkyl halides is 3. The average Bonchev–Trinajstić information content (AvgIpc) is 3.48. The Kier molecular flexibility index (Phi) is 5.63. The van der Waals surface area contributed by atoms with E-state index < -0.39 is 17.7 Å². The summed E-state index contributed by atoms with van der Waals surface area (Å²) in [5, 5.41) is 10.2. The number of aromatic hydroxyl groups is 1. The van der Waals surface area contributed by atoms with Crippen LogP contribution in [0.1, 0.15) is 39.9 Å². The van der Waals surface area contributed by atoms with Gasteiger partial charge in [-0.15, -0.1) is 0 Å². The molecular formula is C21H19F3O4. The summed E-state index contributed by atoms with van der Waals surface area (Å²) < 4.78 is 48.4. The zero-order chi connectivity index (χ0) is 20.3. The van der Waals surface area contributed by atoms with E-state index in [1.54, 1.807) is 12.1 Å². The standard InChI is InChI=1S/C21H19F3O4/c1-27-20(26)19-15(10-17(11-18(19)25)28-12-14-2-3-14)7-4-13-5-8-16(9-6-13)21(22,23)24/h4-11,14,25H,2-3,12H2,1H3/b7-4+. The predicted molar refractivity (Wildman–Crippen MR) is 98.0 cm³/mol. The van der Waals surface area contributed by atoms with Crippen molar-refractivity contribution in [3.8, 4) is 11.5 Å². The second kappa shape index (κ2) is 7.96. The number of carbonyl (C=O) groups is 1. The fourth-order valence-corrected chi connectivity index (χ4v) is 2.63. The van der Waals surface area contributed by atoms with Crippen LogP contribution in [-0.2, 0) is 10.9 Å². The van der Waals surface area contributed by atoms with Gasteiger partial charge in [-0.1, -0.05) is 24.3 Å². The number of hydrogen-bond acceptors (Lipinski definition) is 4. The first-order valence-electron chi connectivity index (χ1n) is 8.71. The first-order valence-corrected chi connectivity index (χ1v) is 8.71. The highest BCUT2D eigenvalue weighted by atomic mass is 19.4. The second-order valence-corrected chi connectivity index (χ2v) is 6.61. The lowest BCUT2D eigenvalue weighted by molar-refractivity contribution is -0.137. The van der Waals surface area contributed by atoms with Crippen molar-refractivity contribution in [3.05, 3.63) is 58.7 Å². The quantitative estimate of drug-likeness (QED) is 0.545. The highest BCUT2D eigenvalue weighted by Gasteiger charge is 2.29. The van der Waals surface area contributed by atoms with E-state index in [9.17, 15) is 23.1 Å². The zero-order valence-electron chi connectivity index (χ0n) is 15.1. The van der Waals surface area contributed by atoms with E-state index in [4.69, 9.17) is 9.47 Å². The van der Waals surface area contributed by atoms with Gasteiger partial charge in [0.2, 0.25) is 0 Å². The summed E-state index contributed by atoms with van der Waals surface area (Å²) in [6.45, 7) is 0.527. The van der Waals surface area contributed by atoms with E-state index in [0.717, 1.165) is 25.0 Å². The molecule has 2 aromatic carbocycles. The Morgan fingerprint density at radius 1 is 1.18 bits per heavy atom. The van der Waals surface area contributed by atoms with Gasteiger partial charge < -0.3 is 14.6 Å². The van der Waals surface area contributed by atoms with Crippen LogP contribution < -0.4 is 4.74 Å². The van der Waals surface area contributed by atoms with E-state index in [1.165, 1.54) is 31.4 Å². The van der Waals surface area contributed by atoms with Crippen molar-refractivity contribution in [2.24, 2.45) is 5.92 Å². The monoisotopic (exact) mass is 392 g/mol. The molecule has 0 amide bonds. The molecule has 0 atom stereocenters. The Balaban J connectivity index is 1.88. The third-order valence-corrected chi connectivity index (χ3v) is 4.39. The van der Waals surface area contributed by atoms with Gasteiger partial charge in [0.25, 0.3) is 0 Å². The molecule has 0 heterocycles. The molecular weight excluding hydrogens is 373 g/mol. The van der Waals surface area contributed by atoms with Gasteiger partial charge in [-0.3, -0.25) is 0 Å². The van der Waals surface area contributed by atoms with Crippen molar-refractivity contribution in [1.82, 2.24) is 0 Å². The van der Waals surface area contributed by atoms with Crippen molar-refractivity contribution in [2.45, 2.75) is 19.0 Å². The van der Waals surface area contributed by atoms with Gasteiger partial charge in [-0.25, -0.2) is 4.79 Å². The van der Waals surface area contributed by atoms with Gasteiger partial charge in [0.15, 0.2) is 0 Å². The molecule has 0 aromatic heterocycles. The van der Waals surface area contributed by atoms with Crippen LogP contribution in [0.4, 0.5) is 13.2 Å². The van der Waals surface area contributed by atoms with Crippen LogP contribution in [-0.4, -0.2) is 24.8 Å². The molecule has 0 saturated heterocycles. The lowest BCUT2D eigenvalue weighted by Crippen LogP contribution is -2.06. The summed E-state index contributed by atoms with van der Waals surface area (Å²) in [6.07, 6.45) is 0.879. The summed E-state index contributed by atoms with van der Waals surface area (Å²) in [5.74, 6) is -0.0942. The van der Waals surface area contributed by atoms with Crippen LogP contribution in [0.3, 0.4) is 0 Å². The number of carbonyl (C=O) groups excluding carboxylic acids is 1. The molecule has 7 heteroatoms. The Hall–Kier alpha value is -2.96. The average molecular weight is 392 g/mol. The second-order valence-electron chi connectivity index (χ2n) is 6.61. The third-order valence-electron chi connectivity index (χ3n) is 4.39. The molecule has 1 aliphatic rings. The lowest BCUT2D eigenvalue weighted by Gasteiger charge is -2.11. The van der Waals surface area contributed by atoms with Gasteiger partial charge in [0, 0.05) is 6.07 Å². The number of hydrogen-bond donors (Lipinski definition) is 1. The Bertz CT molecular complexity index is 882. The van der Waals surface area contributed by atoms with Gasteiger partial charge in [0.05, 0.1) is 19.3 Å². The minimum absolute atomic E-state index is 0.0376. The maximum atomic E-state index is 12.7. The molecule has 28 heavy (non-hydrogen) atoms. The van der Waals surface area contributed by atoms with Crippen LogP contribution in [0.25, 0.3) is 12.2 Å². The van der Waals surface area contributed by atoms with E-state index >= 15 is 0 Å². The number of phenolic OH excluding ortho intramolecular Hbond substituents is 1. The summed E-state index contributed by atoms with van der Waals surface area (Å²) >= 11 is 0. The third kappa shape index (κ3) is 4.85. The number of ether oxygens (including phenoxy) is 2. The Labute approximate surface area is 160 Å². The fraction of sp³-hybridized carbons (Fsp3) is 0.286. The molecule has 4 nitrogen and oxygen atoms in total. The summed E-state index contributed by atoms with van der Waals surface area (Å²) in [5.41, 5.74) is 0.0719. The van der Waals surface area contributed by atoms with Crippen LogP contribution in [0, 0.1) is 5.92 Å². The normalized spacial score (nSPS) is 14.3. The molecule has 1 saturated carbocycles. The maximum absolute atomic E-state index is 12.7. The molecule has 148 valence electrons. The van der Waals surface area contributed by atoms with Gasteiger partial charge in [-0.2, -0.15) is 13.2 Å². The van der Waals surface area contributed by atoms with Crippen molar-refractivity contribution >= 4 is 18.1 Å². The lowest BCUT2D eigenvalue weighted by atomic mass is 10.0. The number of rotatable bonds is 6. The molecule has 0 radical (unpaired) electrons. The molecule has 1 N–H and O–H groups in total. The van der Waals surface area contributed by atoms with Gasteiger partial charge in [0.1, 0.15) is 17.1 Å². The molecule has 1 aliphatic carbocycles. The summed E-state index contributed by atoms with van der Waals surface area (Å²) in [7, 11) is 1.20. The maximum Gasteiger partial charge on any atom is 0.416 e. The smallest absolute Gasteiger partial charge is 0.416 e. The predicted octanol–water partition coefficient (Wildman–Crippen LogP) is 5.16. The topological polar surface area (TPSA) is 55.8 Å². The summed E-state index contributed by atoms with van der Waals surface area (Å²) in [6, 6.07) is 7.55. The zero-order valence-corrected chi connectivity index (χ0v) is 15.1. The Morgan fingerprint density at radius 3 is 2.43 bits per heavy atom. The van der Waals surface area contributed by atoms with E-state index in [-0.39, 0.29) is 11.3 Å². The molecule has 0 spiro atoms. The highest BCUT2D eigenvalue weighted by Crippen LogP contribution is 2.34. The largest absolute Gasteiger partial charge is 0.507 e. The highest BCUT2D eigenvalue weighted by molar-refractivity contribution is 5.98. The van der Waals surface area contributed by atoms with E-state index in [0.29, 0.717) is 29.4 Å². The number of methoxy groups -OCH3 is 1. The molecule has 1 fully saturated rings. The first-order chi connectivity index (χ1) is 13.3. The number of phenols is 1. The van der Waals surface area contributed by atoms with Crippen LogP contribution in [0.5, 0.6) is 11.5 Å². The number of esters is 1. The molecule has 0 unspecified atom stereocenters. The number of halogens is 3. The fourth-order valence-electron chi connectivity index (χ4n) is 2.63. The molecule has 0 bridgehead atoms. The molecule has 3 rings (SSSR count). The SMILES string of the molecule is COC(=O)c1c(O)cc(OCC2CC2)cc1/C=C/c1ccc(C(F)(F)F)cc1. The molecule has 0 aliphatic heterocycles.